The van der Waals surface area contributed by atoms with Gasteiger partial charge in [-0.15, -0.1) is 0 Å². The quantitative estimate of drug-likeness (QED) is 0.301. The van der Waals surface area contributed by atoms with Gasteiger partial charge >= 0.3 is 0 Å². The second-order valence-electron chi connectivity index (χ2n) is 10.7. The Morgan fingerprint density at radius 1 is 1.12 bits per heavy atom. The molecule has 1 aromatic carbocycles. The van der Waals surface area contributed by atoms with E-state index < -0.39 is 5.82 Å². The molecule has 1 atom stereocenters. The molecule has 42 heavy (non-hydrogen) atoms. The molecule has 0 aliphatic carbocycles. The Kier molecular flexibility index (Phi) is 6.14. The number of hydrogen-bond acceptors (Lipinski definition) is 10. The fourth-order valence-corrected chi connectivity index (χ4v) is 5.77. The highest BCUT2D eigenvalue weighted by Gasteiger charge is 2.45. The maximum Gasteiger partial charge on any atom is 0.245 e. The number of halogens is 1. The van der Waals surface area contributed by atoms with Crippen molar-refractivity contribution in [3.8, 4) is 11.5 Å². The molecule has 0 radical (unpaired) electrons. The highest BCUT2D eigenvalue weighted by Crippen LogP contribution is 2.41. The standard InChI is InChI=1S/C29H27FN10O2/c1-3-24(41)38-10-7-29(14-38)8-11-39(15-29)28-31-13-21-26(37-28)27(34-16-32-21)36-20-4-5-22(18(2)25(20)30)42-19-6-9-40-23(12-19)33-17-35-40/h3-6,9,12-13,16-17H,1,7-8,10-11,14-15H2,2H3,(H,32,34,36). The summed E-state index contributed by atoms with van der Waals surface area (Å²) in [5, 5.41) is 7.16. The number of amides is 1. The molecule has 1 unspecified atom stereocenters. The maximum absolute atomic E-state index is 15.6. The van der Waals surface area contributed by atoms with E-state index in [2.05, 4.69) is 41.8 Å². The average Bonchev–Trinajstić information content (AvgIpc) is 3.77. The topological polar surface area (TPSA) is 127 Å². The Bertz CT molecular complexity index is 1860. The van der Waals surface area contributed by atoms with E-state index in [1.54, 1.807) is 48.1 Å². The zero-order chi connectivity index (χ0) is 28.8. The smallest absolute Gasteiger partial charge is 0.245 e. The lowest BCUT2D eigenvalue weighted by Gasteiger charge is -2.24. The van der Waals surface area contributed by atoms with Crippen molar-refractivity contribution in [1.82, 2.24) is 39.4 Å². The molecular formula is C29H27FN10O2. The number of carbonyl (C=O) groups is 1. The molecule has 0 bridgehead atoms. The first-order valence-corrected chi connectivity index (χ1v) is 13.6. The van der Waals surface area contributed by atoms with Crippen LogP contribution in [-0.2, 0) is 4.79 Å². The lowest BCUT2D eigenvalue weighted by molar-refractivity contribution is -0.125. The van der Waals surface area contributed by atoms with Crippen molar-refractivity contribution in [2.24, 2.45) is 5.41 Å². The molecule has 1 amide bonds. The summed E-state index contributed by atoms with van der Waals surface area (Å²) in [5.41, 5.74) is 2.21. The lowest BCUT2D eigenvalue weighted by Crippen LogP contribution is -2.33. The van der Waals surface area contributed by atoms with E-state index in [-0.39, 0.29) is 17.0 Å². The third kappa shape index (κ3) is 4.52. The van der Waals surface area contributed by atoms with Gasteiger partial charge in [-0.3, -0.25) is 4.79 Å². The van der Waals surface area contributed by atoms with Crippen LogP contribution < -0.4 is 15.0 Å². The maximum atomic E-state index is 15.6. The summed E-state index contributed by atoms with van der Waals surface area (Å²) in [7, 11) is 0. The number of nitrogens with zero attached hydrogens (tertiary/aromatic N) is 9. The number of carbonyl (C=O) groups excluding carboxylic acids is 1. The monoisotopic (exact) mass is 566 g/mol. The van der Waals surface area contributed by atoms with Crippen LogP contribution in [0.4, 0.5) is 21.8 Å². The van der Waals surface area contributed by atoms with Crippen LogP contribution in [0.2, 0.25) is 0 Å². The van der Waals surface area contributed by atoms with Crippen LogP contribution in [-0.4, -0.2) is 71.5 Å². The van der Waals surface area contributed by atoms with Crippen LogP contribution in [0.3, 0.4) is 0 Å². The Balaban J connectivity index is 1.12. The SMILES string of the molecule is C=CC(=O)N1CCC2(CCN(c3ncc4ncnc(Nc5ccc(Oc6ccn7ncnc7c6)c(C)c5F)c4n3)C2)C1. The number of pyridine rings is 1. The molecule has 5 aromatic rings. The van der Waals surface area contributed by atoms with Gasteiger partial charge in [0.15, 0.2) is 17.3 Å². The highest BCUT2D eigenvalue weighted by atomic mass is 19.1. The van der Waals surface area contributed by atoms with Gasteiger partial charge < -0.3 is 19.9 Å². The molecule has 4 aromatic heterocycles. The van der Waals surface area contributed by atoms with Crippen molar-refractivity contribution < 1.29 is 13.9 Å². The molecule has 12 nitrogen and oxygen atoms in total. The Morgan fingerprint density at radius 2 is 2.00 bits per heavy atom. The predicted octanol–water partition coefficient (Wildman–Crippen LogP) is 4.06. The van der Waals surface area contributed by atoms with E-state index >= 15 is 4.39 Å². The Labute approximate surface area is 239 Å². The van der Waals surface area contributed by atoms with Gasteiger partial charge in [0.2, 0.25) is 11.9 Å². The third-order valence-electron chi connectivity index (χ3n) is 8.08. The summed E-state index contributed by atoms with van der Waals surface area (Å²) in [6, 6.07) is 6.77. The summed E-state index contributed by atoms with van der Waals surface area (Å²) in [6.07, 6.45) is 9.47. The van der Waals surface area contributed by atoms with Crippen molar-refractivity contribution in [3.05, 3.63) is 73.3 Å². The van der Waals surface area contributed by atoms with Crippen LogP contribution in [0.1, 0.15) is 18.4 Å². The number of fused-ring (bicyclic) bond motifs is 2. The number of nitrogens with one attached hydrogen (secondary N) is 1. The number of aromatic nitrogens is 7. The normalized spacial score (nSPS) is 18.3. The fraction of sp³-hybridized carbons (Fsp3) is 0.276. The second-order valence-corrected chi connectivity index (χ2v) is 10.7. The molecule has 6 heterocycles. The van der Waals surface area contributed by atoms with Crippen molar-refractivity contribution in [1.29, 1.82) is 0 Å². The van der Waals surface area contributed by atoms with Crippen LogP contribution >= 0.6 is 0 Å². The van der Waals surface area contributed by atoms with Gasteiger partial charge in [0.25, 0.3) is 0 Å². The first-order chi connectivity index (χ1) is 20.4. The summed E-state index contributed by atoms with van der Waals surface area (Å²) >= 11 is 0. The molecular weight excluding hydrogens is 539 g/mol. The van der Waals surface area contributed by atoms with E-state index in [0.717, 1.165) is 32.5 Å². The van der Waals surface area contributed by atoms with Gasteiger partial charge in [0, 0.05) is 49.4 Å². The summed E-state index contributed by atoms with van der Waals surface area (Å²) in [6.45, 7) is 8.21. The minimum Gasteiger partial charge on any atom is -0.457 e. The number of ether oxygens (including phenoxy) is 1. The Hall–Kier alpha value is -5.20. The molecule has 2 aliphatic rings. The summed E-state index contributed by atoms with van der Waals surface area (Å²) in [5.74, 6) is 1.31. The Morgan fingerprint density at radius 3 is 2.88 bits per heavy atom. The average molecular weight is 567 g/mol. The van der Waals surface area contributed by atoms with Crippen molar-refractivity contribution in [3.63, 3.8) is 0 Å². The zero-order valence-corrected chi connectivity index (χ0v) is 22.9. The van der Waals surface area contributed by atoms with E-state index in [4.69, 9.17) is 9.72 Å². The van der Waals surface area contributed by atoms with E-state index in [0.29, 0.717) is 52.1 Å². The molecule has 1 N–H and O–H groups in total. The van der Waals surface area contributed by atoms with Crippen LogP contribution in [0, 0.1) is 18.2 Å². The van der Waals surface area contributed by atoms with E-state index in [9.17, 15) is 4.79 Å². The zero-order valence-electron chi connectivity index (χ0n) is 22.9. The first kappa shape index (κ1) is 25.7. The number of hydrogen-bond donors (Lipinski definition) is 1. The molecule has 2 saturated heterocycles. The van der Waals surface area contributed by atoms with E-state index in [1.165, 1.54) is 18.7 Å². The highest BCUT2D eigenvalue weighted by molar-refractivity contribution is 5.88. The molecule has 212 valence electrons. The first-order valence-electron chi connectivity index (χ1n) is 13.6. The largest absolute Gasteiger partial charge is 0.457 e. The number of rotatable bonds is 6. The van der Waals surface area contributed by atoms with Crippen molar-refractivity contribution in [2.45, 2.75) is 19.8 Å². The molecule has 2 fully saturated rings. The van der Waals surface area contributed by atoms with E-state index in [1.807, 2.05) is 4.90 Å². The molecule has 1 spiro atoms. The van der Waals surface area contributed by atoms with Gasteiger partial charge in [0.05, 0.1) is 11.9 Å². The number of anilines is 3. The summed E-state index contributed by atoms with van der Waals surface area (Å²) < 4.78 is 23.1. The van der Waals surface area contributed by atoms with Gasteiger partial charge in [-0.25, -0.2) is 33.8 Å². The number of likely N-dealkylation sites (tertiary alicyclic amines) is 1. The van der Waals surface area contributed by atoms with Gasteiger partial charge in [-0.05, 0) is 44.0 Å². The van der Waals surface area contributed by atoms with Gasteiger partial charge in [-0.1, -0.05) is 6.58 Å². The molecule has 7 rings (SSSR count). The predicted molar refractivity (Wildman–Crippen MR) is 153 cm³/mol. The second kappa shape index (κ2) is 10.0. The van der Waals surface area contributed by atoms with Crippen LogP contribution in [0.5, 0.6) is 11.5 Å². The van der Waals surface area contributed by atoms with Crippen LogP contribution in [0.25, 0.3) is 16.7 Å². The molecule has 13 heteroatoms. The number of benzene rings is 1. The summed E-state index contributed by atoms with van der Waals surface area (Å²) in [4.78, 5) is 38.3. The third-order valence-corrected chi connectivity index (χ3v) is 8.08. The van der Waals surface area contributed by atoms with Crippen molar-refractivity contribution in [2.75, 3.05) is 36.4 Å². The minimum atomic E-state index is -0.474. The van der Waals surface area contributed by atoms with Gasteiger partial charge in [0.1, 0.15) is 35.2 Å². The fourth-order valence-electron chi connectivity index (χ4n) is 5.77. The lowest BCUT2D eigenvalue weighted by atomic mass is 9.86. The molecule has 0 saturated carbocycles. The minimum absolute atomic E-state index is 0.0108. The van der Waals surface area contributed by atoms with Crippen molar-refractivity contribution >= 4 is 40.0 Å². The van der Waals surface area contributed by atoms with Gasteiger partial charge in [-0.2, -0.15) is 5.10 Å². The molecule has 2 aliphatic heterocycles. The van der Waals surface area contributed by atoms with Crippen LogP contribution in [0.15, 0.2) is 62.0 Å².